The number of rotatable bonds is 8. The monoisotopic (exact) mass is 560 g/mol. The Morgan fingerprint density at radius 2 is 1.66 bits per heavy atom. The molecule has 0 radical (unpaired) electrons. The van der Waals surface area contributed by atoms with Crippen molar-refractivity contribution in [1.82, 2.24) is 4.72 Å². The van der Waals surface area contributed by atoms with Crippen LogP contribution in [0.15, 0.2) is 76.1 Å². The van der Waals surface area contributed by atoms with Gasteiger partial charge in [0.2, 0.25) is 15.9 Å². The number of nitrogens with one attached hydrogen (secondary N) is 1. The summed E-state index contributed by atoms with van der Waals surface area (Å²) in [7, 11) is -4.14. The van der Waals surface area contributed by atoms with Crippen LogP contribution in [-0.4, -0.2) is 38.0 Å². The Bertz CT molecular complexity index is 1360. The van der Waals surface area contributed by atoms with E-state index < -0.39 is 22.0 Å². The van der Waals surface area contributed by atoms with Gasteiger partial charge in [0.15, 0.2) is 0 Å². The first-order valence-electron chi connectivity index (χ1n) is 10.8. The van der Waals surface area contributed by atoms with E-state index in [2.05, 4.69) is 20.7 Å². The summed E-state index contributed by atoms with van der Waals surface area (Å²) in [5, 5.41) is 9.57. The van der Waals surface area contributed by atoms with E-state index in [-0.39, 0.29) is 29.5 Å². The van der Waals surface area contributed by atoms with Crippen molar-refractivity contribution >= 4 is 43.5 Å². The summed E-state index contributed by atoms with van der Waals surface area (Å²) in [6.07, 6.45) is 0.0975. The molecular formula is C25H22BrFN2O5S. The number of hydrogen-bond acceptors (Lipinski definition) is 4. The fourth-order valence-corrected chi connectivity index (χ4v) is 5.48. The van der Waals surface area contributed by atoms with Gasteiger partial charge in [0, 0.05) is 23.1 Å². The first kappa shape index (κ1) is 25.0. The molecule has 0 spiro atoms. The number of halogens is 2. The van der Waals surface area contributed by atoms with Gasteiger partial charge < -0.3 is 10.0 Å². The average Bonchev–Trinajstić information content (AvgIpc) is 3.25. The van der Waals surface area contributed by atoms with E-state index in [1.54, 1.807) is 12.1 Å². The Hall–Kier alpha value is -3.08. The predicted octanol–water partition coefficient (Wildman–Crippen LogP) is 4.36. The molecule has 0 saturated heterocycles. The van der Waals surface area contributed by atoms with Gasteiger partial charge in [-0.15, -0.1) is 0 Å². The third kappa shape index (κ3) is 5.77. The van der Waals surface area contributed by atoms with Crippen molar-refractivity contribution < 1.29 is 27.5 Å². The molecule has 0 aromatic heterocycles. The maximum absolute atomic E-state index is 13.4. The van der Waals surface area contributed by atoms with Gasteiger partial charge in [0.25, 0.3) is 0 Å². The molecule has 182 valence electrons. The summed E-state index contributed by atoms with van der Waals surface area (Å²) >= 11 is 3.37. The van der Waals surface area contributed by atoms with Gasteiger partial charge in [-0.1, -0.05) is 40.2 Å². The standard InChI is InChI=1S/C25H22BrFN2O5S/c26-19-5-1-16(2-6-19)17-3-8-21(9-4-17)35(33,34)28-22(25(31)32)10-12-24(30)29-14-13-18-15-20(27)7-11-23(18)29/h1-9,11,15,22,28H,10,12-14H2,(H,31,32). The molecule has 2 N–H and O–H groups in total. The lowest BCUT2D eigenvalue weighted by atomic mass is 10.1. The van der Waals surface area contributed by atoms with Crippen LogP contribution in [0.4, 0.5) is 10.1 Å². The minimum absolute atomic E-state index is 0.0774. The number of anilines is 1. The van der Waals surface area contributed by atoms with Gasteiger partial charge in [0.1, 0.15) is 11.9 Å². The van der Waals surface area contributed by atoms with Crippen molar-refractivity contribution in [3.05, 3.63) is 82.6 Å². The third-order valence-electron chi connectivity index (χ3n) is 5.82. The van der Waals surface area contributed by atoms with Gasteiger partial charge in [-0.3, -0.25) is 9.59 Å². The Balaban J connectivity index is 1.42. The summed E-state index contributed by atoms with van der Waals surface area (Å²) in [5.74, 6) is -2.11. The van der Waals surface area contributed by atoms with Crippen LogP contribution in [-0.2, 0) is 26.0 Å². The van der Waals surface area contributed by atoms with Crippen molar-refractivity contribution in [1.29, 1.82) is 0 Å². The number of carbonyl (C=O) groups is 2. The molecule has 4 rings (SSSR count). The molecule has 0 saturated carbocycles. The molecule has 1 heterocycles. The average molecular weight is 561 g/mol. The van der Waals surface area contributed by atoms with Crippen molar-refractivity contribution in [2.24, 2.45) is 0 Å². The van der Waals surface area contributed by atoms with Crippen molar-refractivity contribution in [2.45, 2.75) is 30.2 Å². The Morgan fingerprint density at radius 1 is 1.03 bits per heavy atom. The van der Waals surface area contributed by atoms with E-state index in [0.717, 1.165) is 15.6 Å². The first-order valence-corrected chi connectivity index (χ1v) is 13.1. The Morgan fingerprint density at radius 3 is 2.29 bits per heavy atom. The summed E-state index contributed by atoms with van der Waals surface area (Å²) < 4.78 is 42.2. The molecule has 1 aliphatic heterocycles. The van der Waals surface area contributed by atoms with Crippen molar-refractivity contribution in [2.75, 3.05) is 11.4 Å². The zero-order chi connectivity index (χ0) is 25.2. The zero-order valence-corrected chi connectivity index (χ0v) is 20.9. The number of carbonyl (C=O) groups excluding carboxylic acids is 1. The molecule has 3 aromatic rings. The van der Waals surface area contributed by atoms with Gasteiger partial charge in [-0.05, 0) is 72.0 Å². The van der Waals surface area contributed by atoms with Crippen LogP contribution in [0.3, 0.4) is 0 Å². The van der Waals surface area contributed by atoms with Crippen LogP contribution >= 0.6 is 15.9 Å². The van der Waals surface area contributed by atoms with Crippen LogP contribution in [0, 0.1) is 5.82 Å². The van der Waals surface area contributed by atoms with Gasteiger partial charge >= 0.3 is 5.97 Å². The van der Waals surface area contributed by atoms with Crippen molar-refractivity contribution in [3.63, 3.8) is 0 Å². The van der Waals surface area contributed by atoms with E-state index in [9.17, 15) is 27.5 Å². The first-order chi connectivity index (χ1) is 16.6. The predicted molar refractivity (Wildman–Crippen MR) is 133 cm³/mol. The Labute approximate surface area is 210 Å². The van der Waals surface area contributed by atoms with Crippen LogP contribution in [0.25, 0.3) is 11.1 Å². The number of sulfonamides is 1. The lowest BCUT2D eigenvalue weighted by molar-refractivity contribution is -0.139. The summed E-state index contributed by atoms with van der Waals surface area (Å²) in [6.45, 7) is 0.367. The second kappa shape index (κ2) is 10.3. The Kier molecular flexibility index (Phi) is 7.34. The number of amides is 1. The highest BCUT2D eigenvalue weighted by Gasteiger charge is 2.29. The number of benzene rings is 3. The number of carboxylic acids is 1. The molecule has 0 aliphatic carbocycles. The molecule has 35 heavy (non-hydrogen) atoms. The van der Waals surface area contributed by atoms with Gasteiger partial charge in [-0.2, -0.15) is 4.72 Å². The highest BCUT2D eigenvalue weighted by molar-refractivity contribution is 9.10. The van der Waals surface area contributed by atoms with E-state index in [0.29, 0.717) is 24.2 Å². The lowest BCUT2D eigenvalue weighted by Gasteiger charge is -2.19. The second-order valence-electron chi connectivity index (χ2n) is 8.15. The fourth-order valence-electron chi connectivity index (χ4n) is 3.99. The molecule has 3 aromatic carbocycles. The van der Waals surface area contributed by atoms with Gasteiger partial charge in [-0.25, -0.2) is 12.8 Å². The molecule has 1 unspecified atom stereocenters. The van der Waals surface area contributed by atoms with E-state index in [4.69, 9.17) is 0 Å². The quantitative estimate of drug-likeness (QED) is 0.426. The summed E-state index contributed by atoms with van der Waals surface area (Å²) in [6, 6.07) is 16.3. The second-order valence-corrected chi connectivity index (χ2v) is 10.8. The molecule has 1 aliphatic rings. The van der Waals surface area contributed by atoms with Crippen LogP contribution in [0.1, 0.15) is 18.4 Å². The highest BCUT2D eigenvalue weighted by Crippen LogP contribution is 2.29. The molecule has 0 bridgehead atoms. The fraction of sp³-hybridized carbons (Fsp3) is 0.200. The molecule has 1 amide bonds. The minimum atomic E-state index is -4.14. The summed E-state index contributed by atoms with van der Waals surface area (Å²) in [5.41, 5.74) is 3.01. The highest BCUT2D eigenvalue weighted by atomic mass is 79.9. The SMILES string of the molecule is O=C(O)C(CCC(=O)N1CCc2cc(F)ccc21)NS(=O)(=O)c1ccc(-c2ccc(Br)cc2)cc1. The number of carboxylic acid groups (broad SMARTS) is 1. The molecule has 10 heteroatoms. The van der Waals surface area contributed by atoms with Crippen LogP contribution in [0.5, 0.6) is 0 Å². The van der Waals surface area contributed by atoms with Crippen molar-refractivity contribution in [3.8, 4) is 11.1 Å². The largest absolute Gasteiger partial charge is 0.480 e. The topological polar surface area (TPSA) is 104 Å². The van der Waals surface area contributed by atoms with Crippen LogP contribution in [0.2, 0.25) is 0 Å². The smallest absolute Gasteiger partial charge is 0.321 e. The molecule has 0 fully saturated rings. The number of fused-ring (bicyclic) bond motifs is 1. The maximum Gasteiger partial charge on any atom is 0.321 e. The van der Waals surface area contributed by atoms with E-state index in [1.807, 2.05) is 24.3 Å². The minimum Gasteiger partial charge on any atom is -0.480 e. The summed E-state index contributed by atoms with van der Waals surface area (Å²) in [4.78, 5) is 25.9. The number of hydrogen-bond donors (Lipinski definition) is 2. The van der Waals surface area contributed by atoms with E-state index >= 15 is 0 Å². The van der Waals surface area contributed by atoms with E-state index in [1.165, 1.54) is 35.2 Å². The van der Waals surface area contributed by atoms with Gasteiger partial charge in [0.05, 0.1) is 4.90 Å². The maximum atomic E-state index is 13.4. The third-order valence-corrected chi connectivity index (χ3v) is 7.84. The normalized spacial score (nSPS) is 13.9. The molecule has 1 atom stereocenters. The van der Waals surface area contributed by atoms with Crippen LogP contribution < -0.4 is 9.62 Å². The molecule has 7 nitrogen and oxygen atoms in total. The number of aliphatic carboxylic acids is 1. The molecular weight excluding hydrogens is 539 g/mol. The lowest BCUT2D eigenvalue weighted by Crippen LogP contribution is -2.41. The number of nitrogens with zero attached hydrogens (tertiary/aromatic N) is 1. The zero-order valence-electron chi connectivity index (χ0n) is 18.4.